The molecule has 2 aromatic carbocycles. The van der Waals surface area contributed by atoms with Crippen molar-refractivity contribution in [1.82, 2.24) is 9.80 Å². The number of halogens is 2. The van der Waals surface area contributed by atoms with Crippen molar-refractivity contribution in [2.45, 2.75) is 19.0 Å². The first-order chi connectivity index (χ1) is 18.9. The van der Waals surface area contributed by atoms with Crippen LogP contribution in [-0.2, 0) is 17.8 Å². The van der Waals surface area contributed by atoms with Crippen LogP contribution in [0.5, 0.6) is 11.5 Å². The second-order valence-corrected chi connectivity index (χ2v) is 10.9. The third kappa shape index (κ3) is 5.78. The predicted molar refractivity (Wildman–Crippen MR) is 151 cm³/mol. The van der Waals surface area contributed by atoms with Crippen LogP contribution in [0.2, 0.25) is 10.0 Å². The molecule has 0 unspecified atom stereocenters. The monoisotopic (exact) mass is 584 g/mol. The fourth-order valence-electron chi connectivity index (χ4n) is 4.80. The average Bonchev–Trinajstić information content (AvgIpc) is 3.64. The minimum absolute atomic E-state index is 0.112. The summed E-state index contributed by atoms with van der Waals surface area (Å²) in [7, 11) is 3.04. The van der Waals surface area contributed by atoms with Gasteiger partial charge in [0.15, 0.2) is 0 Å². The molecule has 202 valence electrons. The van der Waals surface area contributed by atoms with Gasteiger partial charge in [0.1, 0.15) is 23.8 Å². The maximum absolute atomic E-state index is 14.0. The standard InChI is InChI=1S/C29H26Cl2N2O5S/c1-36-21-12-18(13-22(15-21)37-2)29(35)32(16-20-4-3-10-38-20)17-27(34)33-9-7-26-24(8-11-39-26)28(33)23-6-5-19(30)14-25(23)31/h3-6,8,10-15,28H,7,9,16-17H2,1-2H3/t28-/m1/s1. The summed E-state index contributed by atoms with van der Waals surface area (Å²) in [4.78, 5) is 32.3. The molecule has 4 aromatic rings. The summed E-state index contributed by atoms with van der Waals surface area (Å²) in [6, 6.07) is 15.4. The first-order valence-electron chi connectivity index (χ1n) is 12.2. The van der Waals surface area contributed by atoms with Gasteiger partial charge in [-0.15, -0.1) is 11.3 Å². The van der Waals surface area contributed by atoms with Crippen LogP contribution in [0.1, 0.15) is 38.2 Å². The molecule has 0 radical (unpaired) electrons. The Bertz CT molecular complexity index is 1460. The molecular formula is C29H26Cl2N2O5S. The number of rotatable bonds is 8. The van der Waals surface area contributed by atoms with Gasteiger partial charge < -0.3 is 23.7 Å². The number of carbonyl (C=O) groups excluding carboxylic acids is 2. The quantitative estimate of drug-likeness (QED) is 0.237. The third-order valence-corrected chi connectivity index (χ3v) is 8.24. The third-order valence-electron chi connectivity index (χ3n) is 6.68. The van der Waals surface area contributed by atoms with Gasteiger partial charge in [0.25, 0.3) is 5.91 Å². The smallest absolute Gasteiger partial charge is 0.255 e. The Morgan fingerprint density at radius 3 is 2.49 bits per heavy atom. The van der Waals surface area contributed by atoms with E-state index in [1.54, 1.807) is 58.7 Å². The number of hydrogen-bond acceptors (Lipinski definition) is 6. The minimum Gasteiger partial charge on any atom is -0.497 e. The highest BCUT2D eigenvalue weighted by Gasteiger charge is 2.35. The van der Waals surface area contributed by atoms with Crippen molar-refractivity contribution in [3.05, 3.63) is 104 Å². The molecule has 39 heavy (non-hydrogen) atoms. The number of methoxy groups -OCH3 is 2. The number of fused-ring (bicyclic) bond motifs is 1. The van der Waals surface area contributed by atoms with E-state index in [-0.39, 0.29) is 24.9 Å². The van der Waals surface area contributed by atoms with E-state index in [1.807, 2.05) is 17.5 Å². The maximum atomic E-state index is 14.0. The minimum atomic E-state index is -0.394. The lowest BCUT2D eigenvalue weighted by Gasteiger charge is -2.38. The number of benzene rings is 2. The van der Waals surface area contributed by atoms with E-state index in [0.29, 0.717) is 39.4 Å². The molecular weight excluding hydrogens is 559 g/mol. The molecule has 7 nitrogen and oxygen atoms in total. The van der Waals surface area contributed by atoms with E-state index in [2.05, 4.69) is 0 Å². The van der Waals surface area contributed by atoms with Crippen molar-refractivity contribution in [2.75, 3.05) is 27.3 Å². The van der Waals surface area contributed by atoms with Crippen LogP contribution in [0.25, 0.3) is 0 Å². The first kappa shape index (κ1) is 27.1. The van der Waals surface area contributed by atoms with Crippen LogP contribution in [-0.4, -0.2) is 48.9 Å². The number of furan rings is 1. The summed E-state index contributed by atoms with van der Waals surface area (Å²) >= 11 is 14.5. The van der Waals surface area contributed by atoms with Crippen LogP contribution >= 0.6 is 34.5 Å². The molecule has 0 fully saturated rings. The summed E-state index contributed by atoms with van der Waals surface area (Å²) in [5, 5.41) is 3.03. The normalized spacial score (nSPS) is 14.6. The van der Waals surface area contributed by atoms with Crippen molar-refractivity contribution in [3.8, 4) is 11.5 Å². The molecule has 1 aliphatic heterocycles. The summed E-state index contributed by atoms with van der Waals surface area (Å²) in [6.45, 7) is 0.437. The summed E-state index contributed by atoms with van der Waals surface area (Å²) in [5.41, 5.74) is 2.15. The van der Waals surface area contributed by atoms with E-state index >= 15 is 0 Å². The van der Waals surface area contributed by atoms with Crippen LogP contribution < -0.4 is 9.47 Å². The summed E-state index contributed by atoms with van der Waals surface area (Å²) < 4.78 is 16.2. The number of carbonyl (C=O) groups is 2. The molecule has 10 heteroatoms. The molecule has 0 saturated carbocycles. The number of ether oxygens (including phenoxy) is 2. The maximum Gasteiger partial charge on any atom is 0.255 e. The van der Waals surface area contributed by atoms with Crippen LogP contribution in [0.15, 0.2) is 70.7 Å². The van der Waals surface area contributed by atoms with E-state index in [9.17, 15) is 9.59 Å². The van der Waals surface area contributed by atoms with Gasteiger partial charge in [-0.3, -0.25) is 9.59 Å². The molecule has 0 bridgehead atoms. The van der Waals surface area contributed by atoms with Crippen molar-refractivity contribution in [1.29, 1.82) is 0 Å². The zero-order valence-corrected chi connectivity index (χ0v) is 23.7. The highest BCUT2D eigenvalue weighted by atomic mass is 35.5. The van der Waals surface area contributed by atoms with Crippen LogP contribution in [0.3, 0.4) is 0 Å². The van der Waals surface area contributed by atoms with E-state index < -0.39 is 6.04 Å². The lowest BCUT2D eigenvalue weighted by molar-refractivity contribution is -0.134. The van der Waals surface area contributed by atoms with Gasteiger partial charge >= 0.3 is 0 Å². The largest absolute Gasteiger partial charge is 0.497 e. The van der Waals surface area contributed by atoms with Crippen LogP contribution in [0.4, 0.5) is 0 Å². The Kier molecular flexibility index (Phi) is 8.16. The fraction of sp³-hybridized carbons (Fsp3) is 0.241. The van der Waals surface area contributed by atoms with Crippen LogP contribution in [0, 0.1) is 0 Å². The SMILES string of the molecule is COc1cc(OC)cc(C(=O)N(CC(=O)N2CCc3sccc3[C@H]2c2ccc(Cl)cc2Cl)Cc2ccco2)c1. The van der Waals surface area contributed by atoms with Gasteiger partial charge in [-0.25, -0.2) is 0 Å². The predicted octanol–water partition coefficient (Wildman–Crippen LogP) is 6.48. The number of hydrogen-bond donors (Lipinski definition) is 0. The van der Waals surface area contributed by atoms with Crippen molar-refractivity contribution in [3.63, 3.8) is 0 Å². The number of nitrogens with zero attached hydrogens (tertiary/aromatic N) is 2. The lowest BCUT2D eigenvalue weighted by atomic mass is 9.93. The number of thiophene rings is 1. The second-order valence-electron chi connectivity index (χ2n) is 9.05. The Morgan fingerprint density at radius 1 is 1.05 bits per heavy atom. The van der Waals surface area contributed by atoms with Gasteiger partial charge in [-0.05, 0) is 65.4 Å². The zero-order valence-electron chi connectivity index (χ0n) is 21.4. The molecule has 2 amide bonds. The molecule has 2 aromatic heterocycles. The Balaban J connectivity index is 1.48. The molecule has 5 rings (SSSR count). The highest BCUT2D eigenvalue weighted by Crippen LogP contribution is 2.41. The van der Waals surface area contributed by atoms with Gasteiger partial charge in [-0.1, -0.05) is 29.3 Å². The molecule has 1 atom stereocenters. The highest BCUT2D eigenvalue weighted by molar-refractivity contribution is 7.10. The van der Waals surface area contributed by atoms with E-state index in [4.69, 9.17) is 37.1 Å². The lowest BCUT2D eigenvalue weighted by Crippen LogP contribution is -2.46. The van der Waals surface area contributed by atoms with Gasteiger partial charge in [0, 0.05) is 33.1 Å². The van der Waals surface area contributed by atoms with Crippen molar-refractivity contribution >= 4 is 46.4 Å². The van der Waals surface area contributed by atoms with Gasteiger partial charge in [-0.2, -0.15) is 0 Å². The van der Waals surface area contributed by atoms with Crippen molar-refractivity contribution in [2.24, 2.45) is 0 Å². The topological polar surface area (TPSA) is 72.2 Å². The first-order valence-corrected chi connectivity index (χ1v) is 13.9. The molecule has 1 aliphatic rings. The van der Waals surface area contributed by atoms with E-state index in [0.717, 1.165) is 17.5 Å². The van der Waals surface area contributed by atoms with Gasteiger partial charge in [0.2, 0.25) is 5.91 Å². The molecule has 3 heterocycles. The summed E-state index contributed by atoms with van der Waals surface area (Å²) in [6.07, 6.45) is 2.26. The van der Waals surface area contributed by atoms with E-state index in [1.165, 1.54) is 30.3 Å². The molecule has 0 aliphatic carbocycles. The second kappa shape index (κ2) is 11.7. The fourth-order valence-corrected chi connectivity index (χ4v) is 6.22. The average molecular weight is 586 g/mol. The molecule has 0 N–H and O–H groups in total. The van der Waals surface area contributed by atoms with Gasteiger partial charge in [0.05, 0.1) is 33.1 Å². The van der Waals surface area contributed by atoms with Crippen molar-refractivity contribution < 1.29 is 23.5 Å². The Labute approximate surface area is 240 Å². The Hall–Kier alpha value is -3.46. The zero-order chi connectivity index (χ0) is 27.5. The molecule has 0 saturated heterocycles. The summed E-state index contributed by atoms with van der Waals surface area (Å²) in [5.74, 6) is 0.937. The molecule has 0 spiro atoms. The number of amides is 2. The Morgan fingerprint density at radius 2 is 1.82 bits per heavy atom.